The van der Waals surface area contributed by atoms with Crippen LogP contribution in [0.25, 0.3) is 21.5 Å². The van der Waals surface area contributed by atoms with Gasteiger partial charge in [0.2, 0.25) is 0 Å². The molecule has 2 nitrogen and oxygen atoms in total. The average Bonchev–Trinajstić information content (AvgIpc) is 3.58. The second-order valence-electron chi connectivity index (χ2n) is 9.42. The van der Waals surface area contributed by atoms with E-state index in [1.54, 1.807) is 0 Å². The summed E-state index contributed by atoms with van der Waals surface area (Å²) in [6.45, 7) is 10.7. The van der Waals surface area contributed by atoms with Gasteiger partial charge in [-0.25, -0.2) is 8.78 Å². The zero-order valence-corrected chi connectivity index (χ0v) is 26.6. The van der Waals surface area contributed by atoms with Gasteiger partial charge in [-0.3, -0.25) is 0 Å². The van der Waals surface area contributed by atoms with Crippen LogP contribution >= 0.6 is 0 Å². The standard InChI is InChI=1S/2C11H11.2C6H5FO.C2H4.Zr/c2*1-8-6-10-4-3-5-11(10)7-9(8)2;2*7-5-1-3-6(8)4-2-5;1-2;/h2*3-7H,1-2H3;2*1-4,8H;1H,2H3;/q2*-1;;;;+2. The van der Waals surface area contributed by atoms with E-state index in [4.69, 9.17) is 10.2 Å². The van der Waals surface area contributed by atoms with E-state index >= 15 is 0 Å². The predicted octanol–water partition coefficient (Wildman–Crippen LogP) is 9.77. The fraction of sp³-hybridized carbons (Fsp3) is 0.139. The summed E-state index contributed by atoms with van der Waals surface area (Å²) in [4.78, 5) is 0. The summed E-state index contributed by atoms with van der Waals surface area (Å²) in [5, 5.41) is 22.6. The molecule has 0 aliphatic heterocycles. The van der Waals surface area contributed by atoms with Crippen LogP contribution in [0.4, 0.5) is 8.78 Å². The van der Waals surface area contributed by atoms with E-state index in [-0.39, 0.29) is 23.1 Å². The van der Waals surface area contributed by atoms with Crippen molar-refractivity contribution in [2.24, 2.45) is 0 Å². The summed E-state index contributed by atoms with van der Waals surface area (Å²) in [7, 11) is 0. The zero-order valence-electron chi connectivity index (χ0n) is 24.1. The van der Waals surface area contributed by atoms with Crippen LogP contribution in [0, 0.1) is 39.3 Å². The third-order valence-corrected chi connectivity index (χ3v) is 6.16. The molecule has 0 bridgehead atoms. The van der Waals surface area contributed by atoms with E-state index < -0.39 is 0 Å². The van der Waals surface area contributed by atoms with Crippen LogP contribution in [0.5, 0.6) is 11.5 Å². The molecule has 0 fully saturated rings. The summed E-state index contributed by atoms with van der Waals surface area (Å²) in [5.41, 5.74) is 5.51. The molecule has 210 valence electrons. The Morgan fingerprint density at radius 2 is 0.854 bits per heavy atom. The molecule has 0 aliphatic carbocycles. The van der Waals surface area contributed by atoms with Crippen LogP contribution in [0.1, 0.15) is 29.2 Å². The second kappa shape index (κ2) is 17.2. The minimum Gasteiger partial charge on any atom is -0.508 e. The number of fused-ring (bicyclic) bond motifs is 2. The van der Waals surface area contributed by atoms with E-state index in [1.165, 1.54) is 117 Å². The number of aromatic hydroxyl groups is 2. The molecule has 0 heterocycles. The van der Waals surface area contributed by atoms with E-state index in [9.17, 15) is 8.78 Å². The van der Waals surface area contributed by atoms with Gasteiger partial charge in [0, 0.05) is 0 Å². The molecule has 0 radical (unpaired) electrons. The molecule has 0 saturated heterocycles. The molecule has 0 atom stereocenters. The number of hydrogen-bond acceptors (Lipinski definition) is 2. The second-order valence-corrected chi connectivity index (χ2v) is 10.8. The molecular formula is C36H36F2O2Zr. The van der Waals surface area contributed by atoms with Crippen molar-refractivity contribution in [2.75, 3.05) is 0 Å². The Labute approximate surface area is 256 Å². The van der Waals surface area contributed by atoms with Crippen LogP contribution in [0.15, 0.2) is 109 Å². The van der Waals surface area contributed by atoms with Crippen molar-refractivity contribution >= 4 is 25.3 Å². The predicted molar refractivity (Wildman–Crippen MR) is 166 cm³/mol. The smallest absolute Gasteiger partial charge is 0.123 e. The maximum absolute atomic E-state index is 12.0. The van der Waals surface area contributed by atoms with Crippen molar-refractivity contribution in [3.63, 3.8) is 0 Å². The number of aryl methyl sites for hydroxylation is 4. The third-order valence-electron chi connectivity index (χ3n) is 6.16. The van der Waals surface area contributed by atoms with Crippen molar-refractivity contribution in [1.29, 1.82) is 0 Å². The van der Waals surface area contributed by atoms with Gasteiger partial charge in [-0.05, 0) is 76.2 Å². The SMILES string of the molecule is C[CH]=[Zr+2].Cc1cc2cc[cH-]c2cc1C.Cc1cc2cc[cH-]c2cc1C.Oc1ccc(F)cc1.Oc1ccc(F)cc1. The van der Waals surface area contributed by atoms with Crippen molar-refractivity contribution in [3.05, 3.63) is 143 Å². The third kappa shape index (κ3) is 11.8. The molecule has 0 amide bonds. The van der Waals surface area contributed by atoms with Gasteiger partial charge in [0.25, 0.3) is 0 Å². The number of benzene rings is 4. The van der Waals surface area contributed by atoms with Gasteiger partial charge in [-0.15, -0.1) is 57.9 Å². The first-order valence-electron chi connectivity index (χ1n) is 13.1. The van der Waals surface area contributed by atoms with Crippen LogP contribution in [0.3, 0.4) is 0 Å². The van der Waals surface area contributed by atoms with Crippen LogP contribution in [0.2, 0.25) is 0 Å². The van der Waals surface area contributed by atoms with E-state index in [1.807, 2.05) is 6.92 Å². The Morgan fingerprint density at radius 3 is 1.15 bits per heavy atom. The molecule has 0 aromatic heterocycles. The molecule has 5 heteroatoms. The van der Waals surface area contributed by atoms with Crippen LogP contribution in [-0.4, -0.2) is 13.9 Å². The minimum atomic E-state index is -0.331. The van der Waals surface area contributed by atoms with Gasteiger partial charge in [-0.2, -0.15) is 24.3 Å². The average molecular weight is 630 g/mol. The van der Waals surface area contributed by atoms with E-state index in [0.717, 1.165) is 0 Å². The number of phenols is 2. The quantitative estimate of drug-likeness (QED) is 0.164. The molecule has 6 rings (SSSR count). The summed E-state index contributed by atoms with van der Waals surface area (Å²) in [6.07, 6.45) is 0. The number of phenolic OH excluding ortho intramolecular Hbond substituents is 2. The van der Waals surface area contributed by atoms with Crippen molar-refractivity contribution in [3.8, 4) is 11.5 Å². The largest absolute Gasteiger partial charge is 0.508 e. The van der Waals surface area contributed by atoms with Crippen LogP contribution < -0.4 is 0 Å². The van der Waals surface area contributed by atoms with Gasteiger partial charge in [0.1, 0.15) is 23.1 Å². The molecule has 0 aliphatic rings. The molecule has 0 unspecified atom stereocenters. The normalized spacial score (nSPS) is 9.68. The summed E-state index contributed by atoms with van der Waals surface area (Å²) in [6, 6.07) is 31.8. The molecular weight excluding hydrogens is 594 g/mol. The topological polar surface area (TPSA) is 40.5 Å². The Morgan fingerprint density at radius 1 is 0.561 bits per heavy atom. The molecule has 41 heavy (non-hydrogen) atoms. The van der Waals surface area contributed by atoms with Gasteiger partial charge in [-0.1, -0.05) is 22.3 Å². The van der Waals surface area contributed by atoms with E-state index in [0.29, 0.717) is 0 Å². The van der Waals surface area contributed by atoms with Crippen molar-refractivity contribution in [2.45, 2.75) is 34.6 Å². The van der Waals surface area contributed by atoms with Gasteiger partial charge in [0.15, 0.2) is 0 Å². The molecule has 0 saturated carbocycles. The summed E-state index contributed by atoms with van der Waals surface area (Å²) >= 11 is 1.51. The Kier molecular flexibility index (Phi) is 14.1. The summed E-state index contributed by atoms with van der Waals surface area (Å²) in [5.74, 6) is -0.483. The van der Waals surface area contributed by atoms with Gasteiger partial charge >= 0.3 is 34.9 Å². The maximum Gasteiger partial charge on any atom is 0.123 e. The first-order chi connectivity index (χ1) is 19.5. The Hall–Kier alpha value is -3.69. The van der Waals surface area contributed by atoms with Crippen LogP contribution in [-0.2, 0) is 24.2 Å². The van der Waals surface area contributed by atoms with Gasteiger partial charge in [0.05, 0.1) is 0 Å². The molecule has 2 N–H and O–H groups in total. The fourth-order valence-corrected chi connectivity index (χ4v) is 3.69. The number of halogens is 2. The zero-order chi connectivity index (χ0) is 30.4. The minimum absolute atomic E-state index is 0.0893. The van der Waals surface area contributed by atoms with Crippen molar-refractivity contribution < 1.29 is 43.2 Å². The molecule has 0 spiro atoms. The first kappa shape index (κ1) is 33.5. The Bertz CT molecular complexity index is 1390. The summed E-state index contributed by atoms with van der Waals surface area (Å²) < 4.78 is 26.0. The first-order valence-corrected chi connectivity index (χ1v) is 14.6. The number of rotatable bonds is 0. The molecule has 6 aromatic carbocycles. The Balaban J connectivity index is 0.000000187. The monoisotopic (exact) mass is 628 g/mol. The maximum atomic E-state index is 12.0. The fourth-order valence-electron chi connectivity index (χ4n) is 3.69. The van der Waals surface area contributed by atoms with E-state index in [2.05, 4.69) is 92.1 Å². The van der Waals surface area contributed by atoms with Crippen molar-refractivity contribution in [1.82, 2.24) is 0 Å². The molecule has 6 aromatic rings. The van der Waals surface area contributed by atoms with Gasteiger partial charge < -0.3 is 10.2 Å². The number of hydrogen-bond donors (Lipinski definition) is 2.